The molecule has 0 amide bonds. The average Bonchev–Trinajstić information content (AvgIpc) is 3.32. The van der Waals surface area contributed by atoms with Crippen molar-refractivity contribution in [2.24, 2.45) is 0 Å². The number of anilines is 6. The summed E-state index contributed by atoms with van der Waals surface area (Å²) in [4.78, 5) is 4.30. The first-order valence-electron chi connectivity index (χ1n) is 19.3. The summed E-state index contributed by atoms with van der Waals surface area (Å²) in [5, 5.41) is 42.7. The van der Waals surface area contributed by atoms with Crippen molar-refractivity contribution >= 4 is 55.7 Å². The first-order valence-corrected chi connectivity index (χ1v) is 19.3. The third-order valence-electron chi connectivity index (χ3n) is 10.7. The molecule has 9 aromatic carbocycles. The summed E-state index contributed by atoms with van der Waals surface area (Å²) >= 11 is 0. The molecule has 9 rings (SSSR count). The molecule has 9 aromatic rings. The Kier molecular flexibility index (Phi) is 9.72. The largest absolute Gasteiger partial charge is 0.310 e. The van der Waals surface area contributed by atoms with E-state index in [1.807, 2.05) is 109 Å². The Balaban J connectivity index is 1.35. The number of benzene rings is 9. The number of nitrogens with zero attached hydrogens (tertiary/aromatic N) is 6. The van der Waals surface area contributed by atoms with E-state index in [9.17, 15) is 21.0 Å². The van der Waals surface area contributed by atoms with Crippen LogP contribution in [0.3, 0.4) is 0 Å². The zero-order valence-electron chi connectivity index (χ0n) is 32.2. The molecule has 0 heterocycles. The minimum Gasteiger partial charge on any atom is -0.310 e. The normalized spacial score (nSPS) is 10.6. The second-order valence-corrected chi connectivity index (χ2v) is 14.2. The van der Waals surface area contributed by atoms with Crippen molar-refractivity contribution in [3.8, 4) is 46.5 Å². The molecular formula is C54H32N6. The van der Waals surface area contributed by atoms with E-state index in [1.165, 1.54) is 0 Å². The molecule has 0 aliphatic rings. The van der Waals surface area contributed by atoms with E-state index in [4.69, 9.17) is 0 Å². The minimum atomic E-state index is 0.568. The zero-order chi connectivity index (χ0) is 41.0. The third kappa shape index (κ3) is 6.80. The van der Waals surface area contributed by atoms with Crippen LogP contribution in [0, 0.1) is 45.3 Å². The van der Waals surface area contributed by atoms with Gasteiger partial charge in [0, 0.05) is 34.1 Å². The first kappa shape index (κ1) is 36.7. The fourth-order valence-electron chi connectivity index (χ4n) is 7.95. The van der Waals surface area contributed by atoms with E-state index >= 15 is 0 Å². The van der Waals surface area contributed by atoms with Crippen LogP contribution < -0.4 is 9.80 Å². The van der Waals surface area contributed by atoms with E-state index < -0.39 is 0 Å². The molecule has 6 nitrogen and oxygen atoms in total. The lowest BCUT2D eigenvalue weighted by molar-refractivity contribution is 1.28. The Morgan fingerprint density at radius 2 is 0.533 bits per heavy atom. The zero-order valence-corrected chi connectivity index (χ0v) is 32.2. The summed E-state index contributed by atoms with van der Waals surface area (Å²) in [6, 6.07) is 73.1. The lowest BCUT2D eigenvalue weighted by Gasteiger charge is -2.28. The van der Waals surface area contributed by atoms with Crippen LogP contribution in [0.5, 0.6) is 0 Å². The quantitative estimate of drug-likeness (QED) is 0.143. The number of nitriles is 4. The highest BCUT2D eigenvalue weighted by atomic mass is 15.1. The molecule has 0 atom stereocenters. The van der Waals surface area contributed by atoms with Crippen molar-refractivity contribution in [2.75, 3.05) is 9.80 Å². The van der Waals surface area contributed by atoms with Crippen molar-refractivity contribution in [2.45, 2.75) is 0 Å². The summed E-state index contributed by atoms with van der Waals surface area (Å²) in [6.07, 6.45) is 0. The highest BCUT2D eigenvalue weighted by Crippen LogP contribution is 2.48. The van der Waals surface area contributed by atoms with E-state index in [-0.39, 0.29) is 0 Å². The lowest BCUT2D eigenvalue weighted by atomic mass is 9.85. The summed E-state index contributed by atoms with van der Waals surface area (Å²) in [6.45, 7) is 0. The van der Waals surface area contributed by atoms with Crippen LogP contribution in [-0.4, -0.2) is 0 Å². The molecule has 0 unspecified atom stereocenters. The molecule has 0 aliphatic heterocycles. The number of hydrogen-bond acceptors (Lipinski definition) is 6. The summed E-state index contributed by atoms with van der Waals surface area (Å²) in [5.74, 6) is 0. The Hall–Kier alpha value is -8.94. The molecule has 0 N–H and O–H groups in total. The van der Waals surface area contributed by atoms with Crippen molar-refractivity contribution < 1.29 is 0 Å². The van der Waals surface area contributed by atoms with E-state index in [0.717, 1.165) is 77.9 Å². The van der Waals surface area contributed by atoms with E-state index in [1.54, 1.807) is 0 Å². The van der Waals surface area contributed by atoms with Gasteiger partial charge >= 0.3 is 0 Å². The van der Waals surface area contributed by atoms with Gasteiger partial charge in [0.1, 0.15) is 0 Å². The molecule has 278 valence electrons. The molecule has 0 spiro atoms. The van der Waals surface area contributed by atoms with Gasteiger partial charge < -0.3 is 9.80 Å². The predicted octanol–water partition coefficient (Wildman–Crippen LogP) is 13.8. The van der Waals surface area contributed by atoms with Crippen molar-refractivity contribution in [3.63, 3.8) is 0 Å². The molecule has 6 heteroatoms. The average molecular weight is 765 g/mol. The standard InChI is InChI=1S/C54H32N6/c55-33-37-11-19-43(20-12-37)59(44-21-13-38(34-56)14-22-44)47-28-30-50-51(31-47)53(41-7-3-1-4-8-41)49-29-27-48(32-52(49)54(50)42-9-5-2-6-10-42)60(45-23-15-39(35-57)16-24-45)46-25-17-40(36-58)18-26-46/h1-32H. The fourth-order valence-corrected chi connectivity index (χ4v) is 7.95. The van der Waals surface area contributed by atoms with Crippen molar-refractivity contribution in [1.29, 1.82) is 21.0 Å². The topological polar surface area (TPSA) is 102 Å². The highest BCUT2D eigenvalue weighted by Gasteiger charge is 2.22. The van der Waals surface area contributed by atoms with Crippen LogP contribution in [0.4, 0.5) is 34.1 Å². The van der Waals surface area contributed by atoms with Crippen LogP contribution in [-0.2, 0) is 0 Å². The second kappa shape index (κ2) is 15.9. The van der Waals surface area contributed by atoms with Crippen molar-refractivity contribution in [1.82, 2.24) is 0 Å². The van der Waals surface area contributed by atoms with Gasteiger partial charge in [-0.2, -0.15) is 21.0 Å². The van der Waals surface area contributed by atoms with Gasteiger partial charge in [0.2, 0.25) is 0 Å². The van der Waals surface area contributed by atoms with Crippen LogP contribution in [0.2, 0.25) is 0 Å². The predicted molar refractivity (Wildman–Crippen MR) is 241 cm³/mol. The molecule has 0 bridgehead atoms. The highest BCUT2D eigenvalue weighted by molar-refractivity contribution is 6.22. The molecule has 0 aliphatic carbocycles. The second-order valence-electron chi connectivity index (χ2n) is 14.2. The first-order chi connectivity index (χ1) is 29.6. The van der Waals surface area contributed by atoms with E-state index in [2.05, 4.69) is 119 Å². The van der Waals surface area contributed by atoms with Crippen LogP contribution in [0.1, 0.15) is 22.3 Å². The van der Waals surface area contributed by atoms with Gasteiger partial charge in [-0.15, -0.1) is 0 Å². The third-order valence-corrected chi connectivity index (χ3v) is 10.7. The molecule has 0 aromatic heterocycles. The molecule has 60 heavy (non-hydrogen) atoms. The Bertz CT molecular complexity index is 2870. The maximum Gasteiger partial charge on any atom is 0.0991 e. The van der Waals surface area contributed by atoms with Gasteiger partial charge in [-0.1, -0.05) is 72.8 Å². The smallest absolute Gasteiger partial charge is 0.0991 e. The minimum absolute atomic E-state index is 0.568. The summed E-state index contributed by atoms with van der Waals surface area (Å²) in [7, 11) is 0. The number of fused-ring (bicyclic) bond motifs is 2. The maximum absolute atomic E-state index is 9.61. The monoisotopic (exact) mass is 764 g/mol. The molecular weight excluding hydrogens is 733 g/mol. The Morgan fingerprint density at radius 1 is 0.267 bits per heavy atom. The SMILES string of the molecule is N#Cc1ccc(N(c2ccc(C#N)cc2)c2ccc3c(-c4ccccc4)c4cc(N(c5ccc(C#N)cc5)c5ccc(C#N)cc5)ccc4c(-c4ccccc4)c3c2)cc1. The molecule has 0 saturated heterocycles. The van der Waals surface area contributed by atoms with Gasteiger partial charge in [-0.25, -0.2) is 0 Å². The maximum atomic E-state index is 9.61. The molecule has 0 fully saturated rings. The fraction of sp³-hybridized carbons (Fsp3) is 0. The number of hydrogen-bond donors (Lipinski definition) is 0. The van der Waals surface area contributed by atoms with E-state index in [0.29, 0.717) is 22.3 Å². The van der Waals surface area contributed by atoms with Gasteiger partial charge in [-0.3, -0.25) is 0 Å². The van der Waals surface area contributed by atoms with Gasteiger partial charge in [0.05, 0.1) is 46.5 Å². The van der Waals surface area contributed by atoms with Gasteiger partial charge in [0.15, 0.2) is 0 Å². The number of rotatable bonds is 8. The van der Waals surface area contributed by atoms with Crippen LogP contribution >= 0.6 is 0 Å². The van der Waals surface area contributed by atoms with Crippen LogP contribution in [0.25, 0.3) is 43.8 Å². The van der Waals surface area contributed by atoms with Crippen LogP contribution in [0.15, 0.2) is 194 Å². The lowest BCUT2D eigenvalue weighted by Crippen LogP contribution is -2.10. The summed E-state index contributed by atoms with van der Waals surface area (Å²) in [5.41, 5.74) is 11.9. The van der Waals surface area contributed by atoms with Gasteiger partial charge in [-0.05, 0) is 165 Å². The Morgan fingerprint density at radius 3 is 0.800 bits per heavy atom. The molecule has 0 radical (unpaired) electrons. The van der Waals surface area contributed by atoms with Crippen molar-refractivity contribution in [3.05, 3.63) is 216 Å². The summed E-state index contributed by atoms with van der Waals surface area (Å²) < 4.78 is 0. The Labute approximate surface area is 348 Å². The molecule has 0 saturated carbocycles. The van der Waals surface area contributed by atoms with Gasteiger partial charge in [0.25, 0.3) is 0 Å².